The molecular formula is C23H18F3N3. The van der Waals surface area contributed by atoms with Crippen LogP contribution in [0.5, 0.6) is 0 Å². The number of benzene rings is 2. The molecule has 146 valence electrons. The van der Waals surface area contributed by atoms with Crippen LogP contribution < -0.4 is 0 Å². The van der Waals surface area contributed by atoms with Gasteiger partial charge in [0.2, 0.25) is 0 Å². The number of rotatable bonds is 2. The Bertz CT molecular complexity index is 1220. The van der Waals surface area contributed by atoms with Gasteiger partial charge in [-0.05, 0) is 40.1 Å². The molecule has 5 rings (SSSR count). The Labute approximate surface area is 165 Å². The van der Waals surface area contributed by atoms with Crippen molar-refractivity contribution in [1.82, 2.24) is 14.9 Å². The first kappa shape index (κ1) is 18.1. The quantitative estimate of drug-likeness (QED) is 0.459. The predicted octanol–water partition coefficient (Wildman–Crippen LogP) is 5.36. The van der Waals surface area contributed by atoms with Crippen molar-refractivity contribution in [2.75, 3.05) is 6.54 Å². The standard InChI is InChI=1S/C23H18F3N3/c24-23(25,26)20-11-18-10-19-14-29(8-7-21(19)28-22(18)27-12-20)13-15-5-6-16-3-1-2-4-17(16)9-15/h1-6,9-12H,7-8,13-14H2. The van der Waals surface area contributed by atoms with Gasteiger partial charge < -0.3 is 0 Å². The van der Waals surface area contributed by atoms with Crippen LogP contribution >= 0.6 is 0 Å². The minimum atomic E-state index is -4.40. The summed E-state index contributed by atoms with van der Waals surface area (Å²) in [7, 11) is 0. The summed E-state index contributed by atoms with van der Waals surface area (Å²) in [6, 6.07) is 17.7. The number of hydrogen-bond donors (Lipinski definition) is 0. The third kappa shape index (κ3) is 3.56. The lowest BCUT2D eigenvalue weighted by Crippen LogP contribution is -2.30. The zero-order valence-corrected chi connectivity index (χ0v) is 15.6. The van der Waals surface area contributed by atoms with Crippen molar-refractivity contribution in [3.8, 4) is 0 Å². The molecule has 0 bridgehead atoms. The van der Waals surface area contributed by atoms with Crippen molar-refractivity contribution < 1.29 is 13.2 Å². The Kier molecular flexibility index (Phi) is 4.24. The van der Waals surface area contributed by atoms with Crippen LogP contribution in [0.2, 0.25) is 0 Å². The van der Waals surface area contributed by atoms with Crippen LogP contribution in [0.4, 0.5) is 13.2 Å². The number of aromatic nitrogens is 2. The molecule has 6 heteroatoms. The van der Waals surface area contributed by atoms with Crippen molar-refractivity contribution in [3.63, 3.8) is 0 Å². The van der Waals surface area contributed by atoms with Gasteiger partial charge in [-0.2, -0.15) is 13.2 Å². The van der Waals surface area contributed by atoms with E-state index in [2.05, 4.69) is 45.2 Å². The molecule has 3 heterocycles. The lowest BCUT2D eigenvalue weighted by Gasteiger charge is -2.28. The van der Waals surface area contributed by atoms with Gasteiger partial charge in [0, 0.05) is 43.3 Å². The van der Waals surface area contributed by atoms with Crippen LogP contribution in [0.15, 0.2) is 60.8 Å². The molecule has 29 heavy (non-hydrogen) atoms. The second-order valence-corrected chi connectivity index (χ2v) is 7.50. The van der Waals surface area contributed by atoms with E-state index in [-0.39, 0.29) is 0 Å². The van der Waals surface area contributed by atoms with Crippen molar-refractivity contribution >= 4 is 21.8 Å². The first-order chi connectivity index (χ1) is 14.0. The van der Waals surface area contributed by atoms with Gasteiger partial charge >= 0.3 is 6.18 Å². The Morgan fingerprint density at radius 2 is 1.76 bits per heavy atom. The smallest absolute Gasteiger partial charge is 0.294 e. The zero-order valence-electron chi connectivity index (χ0n) is 15.6. The van der Waals surface area contributed by atoms with E-state index in [1.807, 2.05) is 18.2 Å². The van der Waals surface area contributed by atoms with Gasteiger partial charge in [-0.1, -0.05) is 36.4 Å². The average Bonchev–Trinajstić information content (AvgIpc) is 2.71. The van der Waals surface area contributed by atoms with Crippen molar-refractivity contribution in [3.05, 3.63) is 83.2 Å². The van der Waals surface area contributed by atoms with Gasteiger partial charge in [0.1, 0.15) is 0 Å². The van der Waals surface area contributed by atoms with Crippen LogP contribution in [-0.4, -0.2) is 21.4 Å². The summed E-state index contributed by atoms with van der Waals surface area (Å²) in [6.07, 6.45) is -2.78. The van der Waals surface area contributed by atoms with Crippen LogP contribution in [0.3, 0.4) is 0 Å². The fraction of sp³-hybridized carbons (Fsp3) is 0.217. The summed E-state index contributed by atoms with van der Waals surface area (Å²) in [5, 5.41) is 2.86. The lowest BCUT2D eigenvalue weighted by atomic mass is 10.0. The molecule has 0 spiro atoms. The highest BCUT2D eigenvalue weighted by molar-refractivity contribution is 5.83. The molecule has 2 aromatic carbocycles. The van der Waals surface area contributed by atoms with E-state index in [4.69, 9.17) is 0 Å². The van der Waals surface area contributed by atoms with E-state index in [1.165, 1.54) is 16.3 Å². The van der Waals surface area contributed by atoms with Crippen LogP contribution in [-0.2, 0) is 25.7 Å². The van der Waals surface area contributed by atoms with Gasteiger partial charge in [-0.15, -0.1) is 0 Å². The van der Waals surface area contributed by atoms with Gasteiger partial charge in [0.15, 0.2) is 5.65 Å². The Hall–Kier alpha value is -2.99. The number of nitrogens with zero attached hydrogens (tertiary/aromatic N) is 3. The molecule has 0 aliphatic carbocycles. The second kappa shape index (κ2) is 6.81. The molecule has 0 fully saturated rings. The number of fused-ring (bicyclic) bond motifs is 3. The molecule has 1 aliphatic rings. The van der Waals surface area contributed by atoms with Gasteiger partial charge in [0.25, 0.3) is 0 Å². The maximum Gasteiger partial charge on any atom is 0.417 e. The highest BCUT2D eigenvalue weighted by atomic mass is 19.4. The van der Waals surface area contributed by atoms with Crippen LogP contribution in [0.25, 0.3) is 21.8 Å². The molecule has 0 N–H and O–H groups in total. The Morgan fingerprint density at radius 3 is 2.59 bits per heavy atom. The number of alkyl halides is 3. The maximum absolute atomic E-state index is 13.0. The Balaban J connectivity index is 1.42. The molecule has 0 saturated heterocycles. The summed E-state index contributed by atoms with van der Waals surface area (Å²) in [6.45, 7) is 2.32. The normalized spacial score (nSPS) is 15.0. The molecule has 0 atom stereocenters. The zero-order chi connectivity index (χ0) is 20.0. The maximum atomic E-state index is 13.0. The first-order valence-corrected chi connectivity index (χ1v) is 9.51. The summed E-state index contributed by atoms with van der Waals surface area (Å²) in [4.78, 5) is 10.7. The van der Waals surface area contributed by atoms with E-state index >= 15 is 0 Å². The largest absolute Gasteiger partial charge is 0.417 e. The monoisotopic (exact) mass is 393 g/mol. The third-order valence-electron chi connectivity index (χ3n) is 5.44. The Morgan fingerprint density at radius 1 is 0.931 bits per heavy atom. The summed E-state index contributed by atoms with van der Waals surface area (Å²) in [5.74, 6) is 0. The molecule has 0 radical (unpaired) electrons. The number of halogens is 3. The molecule has 0 unspecified atom stereocenters. The summed E-state index contributed by atoms with van der Waals surface area (Å²) in [5.41, 5.74) is 2.77. The molecule has 2 aromatic heterocycles. The second-order valence-electron chi connectivity index (χ2n) is 7.50. The van der Waals surface area contributed by atoms with Crippen molar-refractivity contribution in [2.45, 2.75) is 25.7 Å². The predicted molar refractivity (Wildman–Crippen MR) is 106 cm³/mol. The molecular weight excluding hydrogens is 375 g/mol. The SMILES string of the molecule is FC(F)(F)c1cnc2nc3c(cc2c1)CN(Cc1ccc2ccccc2c1)CC3. The molecule has 1 aliphatic heterocycles. The van der Waals surface area contributed by atoms with E-state index in [0.29, 0.717) is 17.6 Å². The summed E-state index contributed by atoms with van der Waals surface area (Å²) < 4.78 is 39.0. The third-order valence-corrected chi connectivity index (χ3v) is 5.44. The highest BCUT2D eigenvalue weighted by Gasteiger charge is 2.31. The minimum absolute atomic E-state index is 0.375. The molecule has 0 amide bonds. The van der Waals surface area contributed by atoms with Crippen molar-refractivity contribution in [1.29, 1.82) is 0 Å². The van der Waals surface area contributed by atoms with Gasteiger partial charge in [-0.3, -0.25) is 4.90 Å². The summed E-state index contributed by atoms with van der Waals surface area (Å²) >= 11 is 0. The average molecular weight is 393 g/mol. The van der Waals surface area contributed by atoms with Gasteiger partial charge in [-0.25, -0.2) is 9.97 Å². The number of hydrogen-bond acceptors (Lipinski definition) is 3. The molecule has 0 saturated carbocycles. The minimum Gasteiger partial charge on any atom is -0.294 e. The van der Waals surface area contributed by atoms with Crippen LogP contribution in [0, 0.1) is 0 Å². The first-order valence-electron chi connectivity index (χ1n) is 9.51. The fourth-order valence-corrected chi connectivity index (χ4v) is 3.97. The topological polar surface area (TPSA) is 29.0 Å². The van der Waals surface area contributed by atoms with Crippen LogP contribution in [0.1, 0.15) is 22.4 Å². The molecule has 4 aromatic rings. The number of pyridine rings is 2. The van der Waals surface area contributed by atoms with Gasteiger partial charge in [0.05, 0.1) is 5.56 Å². The lowest BCUT2D eigenvalue weighted by molar-refractivity contribution is -0.137. The molecule has 3 nitrogen and oxygen atoms in total. The highest BCUT2D eigenvalue weighted by Crippen LogP contribution is 2.31. The van der Waals surface area contributed by atoms with E-state index in [1.54, 1.807) is 0 Å². The van der Waals surface area contributed by atoms with E-state index < -0.39 is 11.7 Å². The fourth-order valence-electron chi connectivity index (χ4n) is 3.97. The van der Waals surface area contributed by atoms with E-state index in [0.717, 1.165) is 43.0 Å². The van der Waals surface area contributed by atoms with E-state index in [9.17, 15) is 13.2 Å². The van der Waals surface area contributed by atoms with Crippen molar-refractivity contribution in [2.24, 2.45) is 0 Å².